The van der Waals surface area contributed by atoms with Gasteiger partial charge in [0.25, 0.3) is 0 Å². The summed E-state index contributed by atoms with van der Waals surface area (Å²) in [6, 6.07) is 45.0. The van der Waals surface area contributed by atoms with E-state index in [-0.39, 0.29) is 0 Å². The molecule has 0 bridgehead atoms. The van der Waals surface area contributed by atoms with E-state index in [2.05, 4.69) is 132 Å². The number of aromatic nitrogens is 3. The molecule has 190 valence electrons. The highest BCUT2D eigenvalue weighted by Gasteiger charge is 2.25. The fourth-order valence-electron chi connectivity index (χ4n) is 6.55. The van der Waals surface area contributed by atoms with Crippen molar-refractivity contribution in [1.29, 1.82) is 0 Å². The summed E-state index contributed by atoms with van der Waals surface area (Å²) in [5.41, 5.74) is 11.0. The first-order chi connectivity index (χ1) is 20.2. The number of para-hydroxylation sites is 2. The first kappa shape index (κ1) is 22.3. The average molecular weight is 522 g/mol. The van der Waals surface area contributed by atoms with Crippen LogP contribution in [0.25, 0.3) is 77.4 Å². The molecular weight excluding hydrogens is 498 g/mol. The van der Waals surface area contributed by atoms with Gasteiger partial charge in [0.1, 0.15) is 0 Å². The van der Waals surface area contributed by atoms with Gasteiger partial charge in [0, 0.05) is 21.7 Å². The lowest BCUT2D eigenvalue weighted by Crippen LogP contribution is -2.03. The van der Waals surface area contributed by atoms with Crippen LogP contribution in [0.4, 0.5) is 0 Å². The highest BCUT2D eigenvalue weighted by molar-refractivity contribution is 6.14. The minimum Gasteiger partial charge on any atom is -0.278 e. The van der Waals surface area contributed by atoms with Crippen molar-refractivity contribution in [1.82, 2.24) is 14.5 Å². The van der Waals surface area contributed by atoms with E-state index in [9.17, 15) is 0 Å². The standard InChI is InChI=1S/C38H23N3/c1-23-27-12-4-5-13-28(27)32-21-33-29-14-7-9-17-35(29)41(36(33)22-31(23)32)38-39-34-16-8-6-15-30(34)37(40-38)26-19-18-24-10-2-3-11-25(24)20-26/h2-22H,1H2. The predicted octanol–water partition coefficient (Wildman–Crippen LogP) is 9.59. The van der Waals surface area contributed by atoms with Crippen molar-refractivity contribution >= 4 is 49.1 Å². The largest absolute Gasteiger partial charge is 0.278 e. The Kier molecular flexibility index (Phi) is 4.48. The Morgan fingerprint density at radius 1 is 0.488 bits per heavy atom. The molecule has 8 aromatic rings. The van der Waals surface area contributed by atoms with Crippen LogP contribution in [0.3, 0.4) is 0 Å². The van der Waals surface area contributed by atoms with Crippen molar-refractivity contribution in [3.63, 3.8) is 0 Å². The minimum atomic E-state index is 0.666. The van der Waals surface area contributed by atoms with Gasteiger partial charge in [-0.05, 0) is 68.9 Å². The van der Waals surface area contributed by atoms with Gasteiger partial charge in [0.2, 0.25) is 5.95 Å². The second-order valence-electron chi connectivity index (χ2n) is 10.7. The SMILES string of the molecule is C=C1c2ccccc2-c2cc3c4ccccc4n(-c4nc(-c5ccc6ccccc6c5)c5ccccc5n4)c3cc21. The van der Waals surface area contributed by atoms with Gasteiger partial charge in [-0.2, -0.15) is 0 Å². The van der Waals surface area contributed by atoms with Gasteiger partial charge < -0.3 is 0 Å². The smallest absolute Gasteiger partial charge is 0.235 e. The first-order valence-corrected chi connectivity index (χ1v) is 13.9. The quantitative estimate of drug-likeness (QED) is 0.227. The van der Waals surface area contributed by atoms with E-state index in [1.165, 1.54) is 43.8 Å². The second-order valence-corrected chi connectivity index (χ2v) is 10.7. The summed E-state index contributed by atoms with van der Waals surface area (Å²) >= 11 is 0. The van der Waals surface area contributed by atoms with Gasteiger partial charge in [-0.1, -0.05) is 104 Å². The zero-order valence-electron chi connectivity index (χ0n) is 22.2. The molecule has 0 spiro atoms. The maximum Gasteiger partial charge on any atom is 0.235 e. The van der Waals surface area contributed by atoms with Crippen molar-refractivity contribution in [2.75, 3.05) is 0 Å². The third-order valence-electron chi connectivity index (χ3n) is 8.49. The van der Waals surface area contributed by atoms with Crippen LogP contribution >= 0.6 is 0 Å². The summed E-state index contributed by atoms with van der Waals surface area (Å²) in [6.07, 6.45) is 0. The van der Waals surface area contributed by atoms with Crippen LogP contribution in [0.15, 0.2) is 134 Å². The van der Waals surface area contributed by atoms with Crippen molar-refractivity contribution in [2.24, 2.45) is 0 Å². The van der Waals surface area contributed by atoms with E-state index >= 15 is 0 Å². The van der Waals surface area contributed by atoms with E-state index in [1.54, 1.807) is 0 Å². The lowest BCUT2D eigenvalue weighted by atomic mass is 10.0. The van der Waals surface area contributed by atoms with Crippen LogP contribution < -0.4 is 0 Å². The van der Waals surface area contributed by atoms with Crippen LogP contribution in [0.1, 0.15) is 11.1 Å². The van der Waals surface area contributed by atoms with E-state index in [0.29, 0.717) is 5.95 Å². The fraction of sp³-hybridized carbons (Fsp3) is 0. The van der Waals surface area contributed by atoms with Crippen LogP contribution in [0.2, 0.25) is 0 Å². The van der Waals surface area contributed by atoms with Crippen molar-refractivity contribution in [2.45, 2.75) is 0 Å². The van der Waals surface area contributed by atoms with E-state index in [0.717, 1.165) is 38.8 Å². The van der Waals surface area contributed by atoms with Crippen LogP contribution in [-0.2, 0) is 0 Å². The van der Waals surface area contributed by atoms with Crippen molar-refractivity contribution < 1.29 is 0 Å². The number of rotatable bonds is 2. The molecule has 0 saturated carbocycles. The molecule has 0 fully saturated rings. The Labute approximate surface area is 236 Å². The van der Waals surface area contributed by atoms with Crippen molar-refractivity contribution in [3.8, 4) is 28.3 Å². The van der Waals surface area contributed by atoms with Gasteiger partial charge in [-0.25, -0.2) is 9.97 Å². The number of fused-ring (bicyclic) bond motifs is 8. The van der Waals surface area contributed by atoms with Crippen LogP contribution in [0, 0.1) is 0 Å². The number of benzene rings is 6. The molecule has 0 saturated heterocycles. The molecule has 2 heterocycles. The Morgan fingerprint density at radius 2 is 1.22 bits per heavy atom. The molecule has 0 aliphatic heterocycles. The topological polar surface area (TPSA) is 30.7 Å². The Morgan fingerprint density at radius 3 is 2.12 bits per heavy atom. The molecule has 1 aliphatic rings. The first-order valence-electron chi connectivity index (χ1n) is 13.9. The third kappa shape index (κ3) is 3.14. The second kappa shape index (κ2) is 8.23. The monoisotopic (exact) mass is 521 g/mol. The van der Waals surface area contributed by atoms with E-state index in [1.807, 2.05) is 6.07 Å². The zero-order valence-corrected chi connectivity index (χ0v) is 22.2. The Bertz CT molecular complexity index is 2390. The molecule has 0 atom stereocenters. The Hall–Kier alpha value is -5.54. The highest BCUT2D eigenvalue weighted by Crippen LogP contribution is 2.46. The summed E-state index contributed by atoms with van der Waals surface area (Å²) < 4.78 is 2.22. The van der Waals surface area contributed by atoms with Crippen molar-refractivity contribution in [3.05, 3.63) is 145 Å². The normalized spacial score (nSPS) is 12.4. The molecule has 0 radical (unpaired) electrons. The zero-order chi connectivity index (χ0) is 27.1. The minimum absolute atomic E-state index is 0.666. The van der Waals surface area contributed by atoms with Crippen LogP contribution in [-0.4, -0.2) is 14.5 Å². The third-order valence-corrected chi connectivity index (χ3v) is 8.49. The predicted molar refractivity (Wildman–Crippen MR) is 170 cm³/mol. The Balaban J connectivity index is 1.36. The molecule has 0 unspecified atom stereocenters. The van der Waals surface area contributed by atoms with E-state index in [4.69, 9.17) is 9.97 Å². The summed E-state index contributed by atoms with van der Waals surface area (Å²) in [5.74, 6) is 0.666. The summed E-state index contributed by atoms with van der Waals surface area (Å²) in [6.45, 7) is 4.48. The van der Waals surface area contributed by atoms with Gasteiger partial charge in [-0.15, -0.1) is 0 Å². The summed E-state index contributed by atoms with van der Waals surface area (Å²) in [4.78, 5) is 10.5. The maximum absolute atomic E-state index is 5.30. The average Bonchev–Trinajstić information content (AvgIpc) is 3.50. The highest BCUT2D eigenvalue weighted by atomic mass is 15.2. The molecule has 0 N–H and O–H groups in total. The molecule has 0 amide bonds. The van der Waals surface area contributed by atoms with Gasteiger partial charge in [0.05, 0.1) is 22.2 Å². The molecule has 3 heteroatoms. The molecule has 2 aromatic heterocycles. The van der Waals surface area contributed by atoms with Gasteiger partial charge >= 0.3 is 0 Å². The number of nitrogens with zero attached hydrogens (tertiary/aromatic N) is 3. The molecule has 9 rings (SSSR count). The molecule has 6 aromatic carbocycles. The lowest BCUT2D eigenvalue weighted by molar-refractivity contribution is 1.01. The van der Waals surface area contributed by atoms with Crippen LogP contribution in [0.5, 0.6) is 0 Å². The number of hydrogen-bond acceptors (Lipinski definition) is 2. The molecular formula is C38H23N3. The van der Waals surface area contributed by atoms with E-state index < -0.39 is 0 Å². The van der Waals surface area contributed by atoms with Gasteiger partial charge in [0.15, 0.2) is 0 Å². The number of hydrogen-bond donors (Lipinski definition) is 0. The van der Waals surface area contributed by atoms with Gasteiger partial charge in [-0.3, -0.25) is 4.57 Å². The summed E-state index contributed by atoms with van der Waals surface area (Å²) in [7, 11) is 0. The lowest BCUT2D eigenvalue weighted by Gasteiger charge is -2.12. The molecule has 41 heavy (non-hydrogen) atoms. The fourth-order valence-corrected chi connectivity index (χ4v) is 6.55. The molecule has 3 nitrogen and oxygen atoms in total. The molecule has 1 aliphatic carbocycles. The maximum atomic E-state index is 5.30. The summed E-state index contributed by atoms with van der Waals surface area (Å²) in [5, 5.41) is 5.82.